The number of hydrogen-bond acceptors (Lipinski definition) is 3. The highest BCUT2D eigenvalue weighted by atomic mass is 16.5. The van der Waals surface area contributed by atoms with Crippen LogP contribution in [0.3, 0.4) is 0 Å². The molecule has 1 heterocycles. The van der Waals surface area contributed by atoms with Gasteiger partial charge in [0.15, 0.2) is 0 Å². The lowest BCUT2D eigenvalue weighted by Crippen LogP contribution is -2.23. The molecular weight excluding hydrogens is 264 g/mol. The van der Waals surface area contributed by atoms with Gasteiger partial charge in [-0.05, 0) is 30.5 Å². The summed E-state index contributed by atoms with van der Waals surface area (Å²) in [5, 5.41) is 0. The monoisotopic (exact) mass is 286 g/mol. The maximum atomic E-state index is 11.6. The molecule has 0 aliphatic carbocycles. The van der Waals surface area contributed by atoms with Crippen molar-refractivity contribution in [3.05, 3.63) is 64.6 Å². The van der Waals surface area contributed by atoms with Crippen LogP contribution in [0.5, 0.6) is 5.75 Å². The van der Waals surface area contributed by atoms with E-state index in [-0.39, 0.29) is 11.6 Å². The minimum atomic E-state index is -0.0117. The first-order valence-corrected chi connectivity index (χ1v) is 7.32. The average Bonchev–Trinajstić information content (AvgIpc) is 2.50. The van der Waals surface area contributed by atoms with Crippen LogP contribution >= 0.6 is 0 Å². The molecule has 2 N–H and O–H groups in total. The van der Waals surface area contributed by atoms with Gasteiger partial charge in [-0.15, -0.1) is 0 Å². The Morgan fingerprint density at radius 3 is 2.71 bits per heavy atom. The van der Waals surface area contributed by atoms with Gasteiger partial charge >= 0.3 is 0 Å². The second kappa shape index (κ2) is 7.64. The highest BCUT2D eigenvalue weighted by Crippen LogP contribution is 2.19. The summed E-state index contributed by atoms with van der Waals surface area (Å²) >= 11 is 0. The molecule has 0 bridgehead atoms. The Balaban J connectivity index is 1.97. The molecule has 21 heavy (non-hydrogen) atoms. The van der Waals surface area contributed by atoms with E-state index in [0.29, 0.717) is 13.2 Å². The van der Waals surface area contributed by atoms with Gasteiger partial charge in [-0.1, -0.05) is 31.2 Å². The zero-order valence-electron chi connectivity index (χ0n) is 12.4. The number of para-hydroxylation sites is 1. The number of benzene rings is 1. The predicted molar refractivity (Wildman–Crippen MR) is 84.6 cm³/mol. The van der Waals surface area contributed by atoms with E-state index in [1.165, 1.54) is 0 Å². The van der Waals surface area contributed by atoms with Gasteiger partial charge < -0.3 is 15.0 Å². The van der Waals surface area contributed by atoms with Gasteiger partial charge in [-0.2, -0.15) is 0 Å². The Hall–Kier alpha value is -2.07. The normalized spacial score (nSPS) is 12.1. The number of ether oxygens (including phenoxy) is 1. The first-order chi connectivity index (χ1) is 10.2. The lowest BCUT2D eigenvalue weighted by molar-refractivity contribution is 0.293. The molecule has 2 aromatic rings. The molecule has 0 saturated heterocycles. The summed E-state index contributed by atoms with van der Waals surface area (Å²) in [6, 6.07) is 13.2. The van der Waals surface area contributed by atoms with Crippen LogP contribution in [0.4, 0.5) is 0 Å². The average molecular weight is 286 g/mol. The minimum Gasteiger partial charge on any atom is -0.491 e. The van der Waals surface area contributed by atoms with E-state index in [1.54, 1.807) is 22.9 Å². The molecule has 1 atom stereocenters. The molecule has 4 heteroatoms. The summed E-state index contributed by atoms with van der Waals surface area (Å²) in [5.41, 5.74) is 7.12. The standard InChI is InChI=1S/C17H22N2O2/c1-2-15(18)13-14-7-3-4-8-16(14)21-12-11-19-10-6-5-9-17(19)20/h3-10,15H,2,11-13,18H2,1H3. The summed E-state index contributed by atoms with van der Waals surface area (Å²) in [6.07, 6.45) is 3.51. The van der Waals surface area contributed by atoms with Crippen LogP contribution in [-0.2, 0) is 13.0 Å². The van der Waals surface area contributed by atoms with E-state index in [2.05, 4.69) is 6.92 Å². The topological polar surface area (TPSA) is 57.2 Å². The van der Waals surface area contributed by atoms with Crippen molar-refractivity contribution >= 4 is 0 Å². The van der Waals surface area contributed by atoms with E-state index in [0.717, 1.165) is 24.2 Å². The molecule has 112 valence electrons. The lowest BCUT2D eigenvalue weighted by Gasteiger charge is -2.14. The number of hydrogen-bond donors (Lipinski definition) is 1. The minimum absolute atomic E-state index is 0.0117. The summed E-state index contributed by atoms with van der Waals surface area (Å²) in [6.45, 7) is 3.08. The Kier molecular flexibility index (Phi) is 5.58. The highest BCUT2D eigenvalue weighted by Gasteiger charge is 2.07. The third-order valence-corrected chi connectivity index (χ3v) is 3.47. The molecule has 0 aliphatic heterocycles. The summed E-state index contributed by atoms with van der Waals surface area (Å²) in [5.74, 6) is 0.852. The molecule has 0 amide bonds. The first kappa shape index (κ1) is 15.3. The van der Waals surface area contributed by atoms with Crippen molar-refractivity contribution in [2.45, 2.75) is 32.4 Å². The third kappa shape index (κ3) is 4.46. The Labute approximate surface area is 125 Å². The van der Waals surface area contributed by atoms with E-state index >= 15 is 0 Å². The maximum absolute atomic E-state index is 11.6. The van der Waals surface area contributed by atoms with E-state index in [1.807, 2.05) is 30.3 Å². The first-order valence-electron chi connectivity index (χ1n) is 7.32. The number of pyridine rings is 1. The lowest BCUT2D eigenvalue weighted by atomic mass is 10.0. The van der Waals surface area contributed by atoms with Gasteiger partial charge in [-0.25, -0.2) is 0 Å². The largest absolute Gasteiger partial charge is 0.491 e. The van der Waals surface area contributed by atoms with Crippen LogP contribution in [0.2, 0.25) is 0 Å². The van der Waals surface area contributed by atoms with Crippen molar-refractivity contribution < 1.29 is 4.74 Å². The molecule has 0 fully saturated rings. The zero-order chi connectivity index (χ0) is 15.1. The van der Waals surface area contributed by atoms with Crippen LogP contribution in [0, 0.1) is 0 Å². The van der Waals surface area contributed by atoms with Crippen molar-refractivity contribution in [2.75, 3.05) is 6.61 Å². The quantitative estimate of drug-likeness (QED) is 0.849. The SMILES string of the molecule is CCC(N)Cc1ccccc1OCCn1ccccc1=O. The predicted octanol–water partition coefficient (Wildman–Crippen LogP) is 2.21. The molecule has 1 unspecified atom stereocenters. The molecule has 1 aromatic carbocycles. The third-order valence-electron chi connectivity index (χ3n) is 3.47. The summed E-state index contributed by atoms with van der Waals surface area (Å²) in [7, 11) is 0. The van der Waals surface area contributed by atoms with Crippen molar-refractivity contribution in [3.63, 3.8) is 0 Å². The Bertz CT molecular complexity index is 622. The number of nitrogens with zero attached hydrogens (tertiary/aromatic N) is 1. The number of rotatable bonds is 7. The van der Waals surface area contributed by atoms with Crippen LogP contribution in [0.25, 0.3) is 0 Å². The number of aromatic nitrogens is 1. The fourth-order valence-corrected chi connectivity index (χ4v) is 2.14. The molecule has 0 saturated carbocycles. The molecule has 1 aromatic heterocycles. The van der Waals surface area contributed by atoms with Gasteiger partial charge in [0.25, 0.3) is 5.56 Å². The van der Waals surface area contributed by atoms with Crippen LogP contribution in [-0.4, -0.2) is 17.2 Å². The smallest absolute Gasteiger partial charge is 0.250 e. The van der Waals surface area contributed by atoms with E-state index in [4.69, 9.17) is 10.5 Å². The fraction of sp³-hybridized carbons (Fsp3) is 0.353. The second-order valence-electron chi connectivity index (χ2n) is 5.06. The van der Waals surface area contributed by atoms with Crippen LogP contribution in [0.15, 0.2) is 53.5 Å². The van der Waals surface area contributed by atoms with Gasteiger partial charge in [-0.3, -0.25) is 4.79 Å². The van der Waals surface area contributed by atoms with E-state index < -0.39 is 0 Å². The van der Waals surface area contributed by atoms with Crippen LogP contribution < -0.4 is 16.0 Å². The highest BCUT2D eigenvalue weighted by molar-refractivity contribution is 5.33. The second-order valence-corrected chi connectivity index (χ2v) is 5.06. The maximum Gasteiger partial charge on any atom is 0.250 e. The molecule has 2 rings (SSSR count). The van der Waals surface area contributed by atoms with Crippen LogP contribution in [0.1, 0.15) is 18.9 Å². The van der Waals surface area contributed by atoms with Crippen molar-refractivity contribution in [2.24, 2.45) is 5.73 Å². The number of nitrogens with two attached hydrogens (primary N) is 1. The van der Waals surface area contributed by atoms with Crippen molar-refractivity contribution in [1.29, 1.82) is 0 Å². The summed E-state index contributed by atoms with van der Waals surface area (Å²) < 4.78 is 7.47. The van der Waals surface area contributed by atoms with Crippen molar-refractivity contribution in [1.82, 2.24) is 4.57 Å². The molecule has 4 nitrogen and oxygen atoms in total. The molecule has 0 aliphatic rings. The van der Waals surface area contributed by atoms with Gasteiger partial charge in [0.2, 0.25) is 0 Å². The molecule has 0 radical (unpaired) electrons. The van der Waals surface area contributed by atoms with Gasteiger partial charge in [0.1, 0.15) is 12.4 Å². The Morgan fingerprint density at radius 2 is 1.95 bits per heavy atom. The molecule has 0 spiro atoms. The fourth-order valence-electron chi connectivity index (χ4n) is 2.14. The Morgan fingerprint density at radius 1 is 1.19 bits per heavy atom. The van der Waals surface area contributed by atoms with Gasteiger partial charge in [0.05, 0.1) is 6.54 Å². The van der Waals surface area contributed by atoms with E-state index in [9.17, 15) is 4.79 Å². The zero-order valence-corrected chi connectivity index (χ0v) is 12.4. The molecular formula is C17H22N2O2. The van der Waals surface area contributed by atoms with Gasteiger partial charge in [0, 0.05) is 18.3 Å². The summed E-state index contributed by atoms with van der Waals surface area (Å²) in [4.78, 5) is 11.6. The van der Waals surface area contributed by atoms with Crippen molar-refractivity contribution in [3.8, 4) is 5.75 Å².